The molecule has 104 valence electrons. The predicted molar refractivity (Wildman–Crippen MR) is 73.4 cm³/mol. The van der Waals surface area contributed by atoms with Gasteiger partial charge in [-0.05, 0) is 25.9 Å². The highest BCUT2D eigenvalue weighted by atomic mass is 32.1. The molecule has 0 bridgehead atoms. The molecule has 1 aliphatic rings. The van der Waals surface area contributed by atoms with Crippen LogP contribution in [0.2, 0.25) is 0 Å². The molecule has 6 nitrogen and oxygen atoms in total. The molecule has 1 fully saturated rings. The van der Waals surface area contributed by atoms with Gasteiger partial charge in [0.05, 0.1) is 6.10 Å². The summed E-state index contributed by atoms with van der Waals surface area (Å²) in [4.78, 5) is 0.854. The fourth-order valence-corrected chi connectivity index (χ4v) is 3.00. The Hall–Kier alpha value is -1.05. The second kappa shape index (κ2) is 5.52. The Bertz CT molecular complexity index is 543. The van der Waals surface area contributed by atoms with Crippen LogP contribution >= 0.6 is 11.3 Å². The summed E-state index contributed by atoms with van der Waals surface area (Å²) in [6, 6.07) is 0. The number of hydrogen-bond acceptors (Lipinski definition) is 6. The minimum absolute atomic E-state index is 0.329. The van der Waals surface area contributed by atoms with Crippen molar-refractivity contribution in [3.63, 3.8) is 0 Å². The van der Waals surface area contributed by atoms with Gasteiger partial charge in [0, 0.05) is 5.92 Å². The Morgan fingerprint density at radius 1 is 1.37 bits per heavy atom. The lowest BCUT2D eigenvalue weighted by atomic mass is 10.1. The van der Waals surface area contributed by atoms with Gasteiger partial charge in [-0.3, -0.25) is 0 Å². The number of aromatic nitrogens is 4. The predicted octanol–water partition coefficient (Wildman–Crippen LogP) is 1.58. The lowest BCUT2D eigenvalue weighted by molar-refractivity contribution is 0.0208. The number of rotatable bonds is 4. The van der Waals surface area contributed by atoms with Crippen molar-refractivity contribution >= 4 is 16.3 Å². The molecule has 0 atom stereocenters. The normalized spacial score (nSPS) is 17.6. The lowest BCUT2D eigenvalue weighted by Gasteiger charge is -2.22. The Morgan fingerprint density at radius 2 is 2.16 bits per heavy atom. The minimum atomic E-state index is 0.329. The van der Waals surface area contributed by atoms with Crippen LogP contribution in [0.4, 0.5) is 0 Å². The number of piperidine rings is 1. The maximum absolute atomic E-state index is 5.91. The number of nitrogens with one attached hydrogen (secondary N) is 1. The van der Waals surface area contributed by atoms with Crippen LogP contribution < -0.4 is 5.32 Å². The summed E-state index contributed by atoms with van der Waals surface area (Å²) in [5.41, 5.74) is 0. The number of nitrogens with zero attached hydrogens (tertiary/aromatic N) is 4. The molecule has 1 saturated heterocycles. The summed E-state index contributed by atoms with van der Waals surface area (Å²) in [6.07, 6.45) is 2.53. The van der Waals surface area contributed by atoms with Crippen molar-refractivity contribution in [2.24, 2.45) is 0 Å². The molecule has 7 heteroatoms. The van der Waals surface area contributed by atoms with Crippen LogP contribution in [-0.2, 0) is 11.3 Å². The third kappa shape index (κ3) is 2.77. The largest absolute Gasteiger partial charge is 0.371 e. The van der Waals surface area contributed by atoms with Crippen LogP contribution in [0.5, 0.6) is 0 Å². The van der Waals surface area contributed by atoms with Gasteiger partial charge < -0.3 is 10.1 Å². The van der Waals surface area contributed by atoms with E-state index in [0.29, 0.717) is 18.6 Å². The van der Waals surface area contributed by atoms with E-state index in [2.05, 4.69) is 34.5 Å². The van der Waals surface area contributed by atoms with E-state index in [1.54, 1.807) is 11.3 Å². The van der Waals surface area contributed by atoms with Crippen LogP contribution in [0.1, 0.15) is 43.4 Å². The van der Waals surface area contributed by atoms with Gasteiger partial charge in [-0.15, -0.1) is 10.2 Å². The van der Waals surface area contributed by atoms with Gasteiger partial charge in [0.2, 0.25) is 4.96 Å². The maximum Gasteiger partial charge on any atom is 0.234 e. The Balaban J connectivity index is 1.67. The Morgan fingerprint density at radius 3 is 2.89 bits per heavy atom. The summed E-state index contributed by atoms with van der Waals surface area (Å²) >= 11 is 1.56. The molecule has 0 radical (unpaired) electrons. The summed E-state index contributed by atoms with van der Waals surface area (Å²) in [5, 5.41) is 17.2. The van der Waals surface area contributed by atoms with E-state index in [1.165, 1.54) is 0 Å². The molecule has 1 aliphatic heterocycles. The van der Waals surface area contributed by atoms with Crippen molar-refractivity contribution < 1.29 is 4.74 Å². The molecule has 19 heavy (non-hydrogen) atoms. The zero-order valence-electron chi connectivity index (χ0n) is 11.3. The van der Waals surface area contributed by atoms with Crippen molar-refractivity contribution in [3.05, 3.63) is 10.8 Å². The van der Waals surface area contributed by atoms with Crippen LogP contribution in [0, 0.1) is 0 Å². The molecule has 0 unspecified atom stereocenters. The average molecular weight is 281 g/mol. The number of ether oxygens (including phenoxy) is 1. The van der Waals surface area contributed by atoms with Crippen LogP contribution in [0.3, 0.4) is 0 Å². The smallest absolute Gasteiger partial charge is 0.234 e. The van der Waals surface area contributed by atoms with E-state index in [0.717, 1.165) is 41.7 Å². The standard InChI is InChI=1S/C12H19N5OS/c1-8(2)11-14-15-12-17(11)16-10(19-12)7-18-9-3-5-13-6-4-9/h8-9,13H,3-7H2,1-2H3. The van der Waals surface area contributed by atoms with Crippen molar-refractivity contribution in [2.45, 2.75) is 45.3 Å². The first-order valence-corrected chi connectivity index (χ1v) is 7.59. The summed E-state index contributed by atoms with van der Waals surface area (Å²) in [7, 11) is 0. The third-order valence-electron chi connectivity index (χ3n) is 3.30. The van der Waals surface area contributed by atoms with Crippen molar-refractivity contribution in [1.29, 1.82) is 0 Å². The molecule has 0 amide bonds. The monoisotopic (exact) mass is 281 g/mol. The first-order chi connectivity index (χ1) is 9.24. The quantitative estimate of drug-likeness (QED) is 0.921. The molecular formula is C12H19N5OS. The fraction of sp³-hybridized carbons (Fsp3) is 0.750. The molecule has 0 spiro atoms. The van der Waals surface area contributed by atoms with E-state index in [-0.39, 0.29) is 0 Å². The molecule has 3 heterocycles. The van der Waals surface area contributed by atoms with Crippen LogP contribution in [0.25, 0.3) is 4.96 Å². The van der Waals surface area contributed by atoms with Crippen molar-refractivity contribution in [2.75, 3.05) is 13.1 Å². The molecule has 2 aromatic heterocycles. The van der Waals surface area contributed by atoms with E-state index in [1.807, 2.05) is 4.52 Å². The Labute approximate surface area is 116 Å². The molecule has 1 N–H and O–H groups in total. The highest BCUT2D eigenvalue weighted by molar-refractivity contribution is 7.16. The molecule has 0 aromatic carbocycles. The lowest BCUT2D eigenvalue weighted by Crippen LogP contribution is -2.32. The minimum Gasteiger partial charge on any atom is -0.371 e. The highest BCUT2D eigenvalue weighted by Crippen LogP contribution is 2.20. The molecule has 0 saturated carbocycles. The SMILES string of the molecule is CC(C)c1nnc2sc(COC3CCNCC3)nn12. The van der Waals surface area contributed by atoms with Crippen LogP contribution in [-0.4, -0.2) is 39.0 Å². The molecular weight excluding hydrogens is 262 g/mol. The van der Waals surface area contributed by atoms with Gasteiger partial charge in [-0.1, -0.05) is 25.2 Å². The van der Waals surface area contributed by atoms with Gasteiger partial charge in [-0.25, -0.2) is 0 Å². The fourth-order valence-electron chi connectivity index (χ4n) is 2.24. The van der Waals surface area contributed by atoms with Crippen LogP contribution in [0.15, 0.2) is 0 Å². The molecule has 3 rings (SSSR count). The summed E-state index contributed by atoms with van der Waals surface area (Å²) in [5.74, 6) is 1.25. The van der Waals surface area contributed by atoms with E-state index in [9.17, 15) is 0 Å². The number of fused-ring (bicyclic) bond motifs is 1. The van der Waals surface area contributed by atoms with Crippen molar-refractivity contribution in [1.82, 2.24) is 25.1 Å². The number of hydrogen-bond donors (Lipinski definition) is 1. The zero-order valence-corrected chi connectivity index (χ0v) is 12.1. The second-order valence-corrected chi connectivity index (χ2v) is 6.20. The summed E-state index contributed by atoms with van der Waals surface area (Å²) in [6.45, 7) is 6.87. The van der Waals surface area contributed by atoms with E-state index < -0.39 is 0 Å². The third-order valence-corrected chi connectivity index (χ3v) is 4.17. The highest BCUT2D eigenvalue weighted by Gasteiger charge is 2.17. The maximum atomic E-state index is 5.91. The van der Waals surface area contributed by atoms with Gasteiger partial charge in [-0.2, -0.15) is 9.61 Å². The first kappa shape index (κ1) is 13.0. The Kier molecular flexibility index (Phi) is 3.76. The van der Waals surface area contributed by atoms with Gasteiger partial charge >= 0.3 is 0 Å². The summed E-state index contributed by atoms with van der Waals surface area (Å²) < 4.78 is 7.76. The van der Waals surface area contributed by atoms with Gasteiger partial charge in [0.1, 0.15) is 11.6 Å². The van der Waals surface area contributed by atoms with Crippen molar-refractivity contribution in [3.8, 4) is 0 Å². The van der Waals surface area contributed by atoms with Gasteiger partial charge in [0.15, 0.2) is 5.82 Å². The van der Waals surface area contributed by atoms with E-state index >= 15 is 0 Å². The average Bonchev–Trinajstić information content (AvgIpc) is 2.96. The topological polar surface area (TPSA) is 64.3 Å². The van der Waals surface area contributed by atoms with Gasteiger partial charge in [0.25, 0.3) is 0 Å². The molecule has 0 aliphatic carbocycles. The molecule has 2 aromatic rings. The second-order valence-electron chi connectivity index (χ2n) is 5.16. The first-order valence-electron chi connectivity index (χ1n) is 6.77. The van der Waals surface area contributed by atoms with E-state index in [4.69, 9.17) is 4.74 Å². The zero-order chi connectivity index (χ0) is 13.2.